The third kappa shape index (κ3) is 5.29. The number of hydrogen-bond donors (Lipinski definition) is 1. The predicted octanol–water partition coefficient (Wildman–Crippen LogP) is 5.22. The Morgan fingerprint density at radius 2 is 1.59 bits per heavy atom. The molecule has 1 aliphatic rings. The van der Waals surface area contributed by atoms with Crippen LogP contribution in [0.5, 0.6) is 11.5 Å². The lowest BCUT2D eigenvalue weighted by Crippen LogP contribution is -2.40. The second-order valence-electron chi connectivity index (χ2n) is 8.19. The topological polar surface area (TPSA) is 50.8 Å². The van der Waals surface area contributed by atoms with Crippen molar-refractivity contribution >= 4 is 11.6 Å². The first-order valence-corrected chi connectivity index (χ1v) is 11.1. The maximum absolute atomic E-state index is 13.2. The maximum Gasteiger partial charge on any atom is 0.228 e. The summed E-state index contributed by atoms with van der Waals surface area (Å²) in [6.45, 7) is 2.62. The first kappa shape index (κ1) is 21.9. The molecule has 1 aliphatic heterocycles. The van der Waals surface area contributed by atoms with E-state index in [1.165, 1.54) is 5.56 Å². The minimum absolute atomic E-state index is 0.0223. The molecule has 1 heterocycles. The number of rotatable bonds is 7. The van der Waals surface area contributed by atoms with E-state index < -0.39 is 0 Å². The van der Waals surface area contributed by atoms with Crippen LogP contribution >= 0.6 is 0 Å². The monoisotopic (exact) mass is 430 g/mol. The molecule has 1 N–H and O–H groups in total. The summed E-state index contributed by atoms with van der Waals surface area (Å²) in [7, 11) is 3.33. The molecule has 0 bridgehead atoms. The molecule has 0 spiro atoms. The van der Waals surface area contributed by atoms with Crippen molar-refractivity contribution < 1.29 is 14.3 Å². The first-order chi connectivity index (χ1) is 15.7. The van der Waals surface area contributed by atoms with Crippen LogP contribution in [0.15, 0.2) is 72.8 Å². The van der Waals surface area contributed by atoms with Gasteiger partial charge in [-0.05, 0) is 60.8 Å². The third-order valence-corrected chi connectivity index (χ3v) is 6.03. The van der Waals surface area contributed by atoms with Gasteiger partial charge in [-0.3, -0.25) is 9.69 Å². The molecule has 0 saturated carbocycles. The molecular formula is C27H30N2O3. The van der Waals surface area contributed by atoms with Crippen LogP contribution in [-0.4, -0.2) is 38.1 Å². The Balaban J connectivity index is 1.42. The van der Waals surface area contributed by atoms with Crippen molar-refractivity contribution in [3.8, 4) is 22.6 Å². The van der Waals surface area contributed by atoms with Crippen molar-refractivity contribution in [3.63, 3.8) is 0 Å². The fourth-order valence-electron chi connectivity index (χ4n) is 4.25. The second kappa shape index (κ2) is 10.3. The lowest BCUT2D eigenvalue weighted by molar-refractivity contribution is -0.121. The number of nitrogens with one attached hydrogen (secondary N) is 1. The number of ether oxygens (including phenoxy) is 2. The molecule has 1 fully saturated rings. The van der Waals surface area contributed by atoms with Gasteiger partial charge < -0.3 is 14.8 Å². The molecule has 0 unspecified atom stereocenters. The van der Waals surface area contributed by atoms with Gasteiger partial charge in [0.05, 0.1) is 20.1 Å². The average Bonchev–Trinajstić information content (AvgIpc) is 2.85. The number of likely N-dealkylation sites (tertiary alicyclic amines) is 1. The molecule has 0 aromatic heterocycles. The predicted molar refractivity (Wildman–Crippen MR) is 128 cm³/mol. The zero-order valence-corrected chi connectivity index (χ0v) is 18.7. The molecule has 1 atom stereocenters. The number of carbonyl (C=O) groups is 1. The van der Waals surface area contributed by atoms with E-state index >= 15 is 0 Å². The van der Waals surface area contributed by atoms with Gasteiger partial charge in [-0.2, -0.15) is 0 Å². The van der Waals surface area contributed by atoms with Gasteiger partial charge in [0.25, 0.3) is 0 Å². The lowest BCUT2D eigenvalue weighted by Gasteiger charge is -2.32. The minimum atomic E-state index is -0.0223. The molecule has 5 nitrogen and oxygen atoms in total. The summed E-state index contributed by atoms with van der Waals surface area (Å²) in [4.78, 5) is 15.5. The summed E-state index contributed by atoms with van der Waals surface area (Å²) in [5.74, 6) is 1.74. The highest BCUT2D eigenvalue weighted by molar-refractivity contribution is 5.97. The molecule has 3 aromatic carbocycles. The zero-order chi connectivity index (χ0) is 22.3. The van der Waals surface area contributed by atoms with E-state index in [0.717, 1.165) is 60.8 Å². The Bertz CT molecular complexity index is 1030. The smallest absolute Gasteiger partial charge is 0.228 e. The van der Waals surface area contributed by atoms with Gasteiger partial charge in [-0.15, -0.1) is 0 Å². The van der Waals surface area contributed by atoms with Crippen molar-refractivity contribution in [1.82, 2.24) is 4.90 Å². The van der Waals surface area contributed by atoms with Crippen LogP contribution in [0.3, 0.4) is 0 Å². The molecule has 5 heteroatoms. The number of para-hydroxylation sites is 1. The van der Waals surface area contributed by atoms with Crippen molar-refractivity contribution in [1.29, 1.82) is 0 Å². The standard InChI is InChI=1S/C27H30N2O3/c1-31-23-13-9-20(10-14-23)18-29-17-5-6-22(19-29)27(30)28-26-8-4-3-7-25(26)21-11-15-24(32-2)16-12-21/h3-4,7-16,22H,5-6,17-19H2,1-2H3,(H,28,30)/t22-/m0/s1. The van der Waals surface area contributed by atoms with Crippen LogP contribution in [0, 0.1) is 5.92 Å². The lowest BCUT2D eigenvalue weighted by atomic mass is 9.96. The molecule has 0 aliphatic carbocycles. The normalized spacial score (nSPS) is 16.4. The molecule has 1 saturated heterocycles. The van der Waals surface area contributed by atoms with E-state index in [0.29, 0.717) is 0 Å². The van der Waals surface area contributed by atoms with Crippen LogP contribution in [0.4, 0.5) is 5.69 Å². The number of hydrogen-bond acceptors (Lipinski definition) is 4. The molecule has 1 amide bonds. The van der Waals surface area contributed by atoms with Gasteiger partial charge in [0.1, 0.15) is 11.5 Å². The van der Waals surface area contributed by atoms with Crippen LogP contribution in [-0.2, 0) is 11.3 Å². The number of nitrogens with zero attached hydrogens (tertiary/aromatic N) is 1. The number of benzene rings is 3. The Morgan fingerprint density at radius 1 is 0.938 bits per heavy atom. The van der Waals surface area contributed by atoms with E-state index in [2.05, 4.69) is 22.3 Å². The quantitative estimate of drug-likeness (QED) is 0.558. The maximum atomic E-state index is 13.2. The summed E-state index contributed by atoms with van der Waals surface area (Å²) in [6.07, 6.45) is 1.93. The largest absolute Gasteiger partial charge is 0.497 e. The summed E-state index contributed by atoms with van der Waals surface area (Å²) >= 11 is 0. The Labute approximate surface area is 190 Å². The SMILES string of the molecule is COc1ccc(CN2CCC[C@H](C(=O)Nc3ccccc3-c3ccc(OC)cc3)C2)cc1. The number of anilines is 1. The molecule has 4 rings (SSSR count). The van der Waals surface area contributed by atoms with Crippen LogP contribution in [0.2, 0.25) is 0 Å². The number of methoxy groups -OCH3 is 2. The van der Waals surface area contributed by atoms with E-state index in [9.17, 15) is 4.79 Å². The average molecular weight is 431 g/mol. The molecule has 3 aromatic rings. The van der Waals surface area contributed by atoms with Crippen LogP contribution in [0.1, 0.15) is 18.4 Å². The van der Waals surface area contributed by atoms with Gasteiger partial charge in [-0.25, -0.2) is 0 Å². The van der Waals surface area contributed by atoms with Crippen molar-refractivity contribution in [3.05, 3.63) is 78.4 Å². The molecule has 32 heavy (non-hydrogen) atoms. The van der Waals surface area contributed by atoms with E-state index in [1.807, 2.05) is 60.7 Å². The van der Waals surface area contributed by atoms with Crippen LogP contribution in [0.25, 0.3) is 11.1 Å². The Morgan fingerprint density at radius 3 is 2.28 bits per heavy atom. The summed E-state index contributed by atoms with van der Waals surface area (Å²) in [6, 6.07) is 24.0. The van der Waals surface area contributed by atoms with Crippen molar-refractivity contribution in [2.24, 2.45) is 5.92 Å². The zero-order valence-electron chi connectivity index (χ0n) is 18.7. The highest BCUT2D eigenvalue weighted by atomic mass is 16.5. The number of amides is 1. The van der Waals surface area contributed by atoms with Gasteiger partial charge in [0.15, 0.2) is 0 Å². The van der Waals surface area contributed by atoms with Gasteiger partial charge in [0.2, 0.25) is 5.91 Å². The van der Waals surface area contributed by atoms with E-state index in [1.54, 1.807) is 14.2 Å². The fourth-order valence-corrected chi connectivity index (χ4v) is 4.25. The summed E-state index contributed by atoms with van der Waals surface area (Å²) in [5, 5.41) is 3.19. The van der Waals surface area contributed by atoms with E-state index in [4.69, 9.17) is 9.47 Å². The van der Waals surface area contributed by atoms with Gasteiger partial charge >= 0.3 is 0 Å². The highest BCUT2D eigenvalue weighted by Crippen LogP contribution is 2.30. The van der Waals surface area contributed by atoms with Crippen LogP contribution < -0.4 is 14.8 Å². The fraction of sp³-hybridized carbons (Fsp3) is 0.296. The second-order valence-corrected chi connectivity index (χ2v) is 8.19. The Hall–Kier alpha value is -3.31. The first-order valence-electron chi connectivity index (χ1n) is 11.1. The van der Waals surface area contributed by atoms with E-state index in [-0.39, 0.29) is 11.8 Å². The van der Waals surface area contributed by atoms with Gasteiger partial charge in [0, 0.05) is 24.3 Å². The molecular weight excluding hydrogens is 400 g/mol. The minimum Gasteiger partial charge on any atom is -0.497 e. The number of piperidine rings is 1. The number of carbonyl (C=O) groups excluding carboxylic acids is 1. The summed E-state index contributed by atoms with van der Waals surface area (Å²) < 4.78 is 10.5. The highest BCUT2D eigenvalue weighted by Gasteiger charge is 2.26. The van der Waals surface area contributed by atoms with Crippen molar-refractivity contribution in [2.45, 2.75) is 19.4 Å². The Kier molecular flexibility index (Phi) is 7.07. The summed E-state index contributed by atoms with van der Waals surface area (Å²) in [5.41, 5.74) is 4.13. The van der Waals surface area contributed by atoms with Crippen molar-refractivity contribution in [2.75, 3.05) is 32.6 Å². The molecule has 166 valence electrons. The van der Waals surface area contributed by atoms with Gasteiger partial charge in [-0.1, -0.05) is 42.5 Å². The third-order valence-electron chi connectivity index (χ3n) is 6.03. The molecule has 0 radical (unpaired) electrons.